The number of nitrogens with one attached hydrogen (secondary N) is 1. The van der Waals surface area contributed by atoms with Crippen LogP contribution in [0.3, 0.4) is 0 Å². The van der Waals surface area contributed by atoms with Gasteiger partial charge in [0.05, 0.1) is 5.03 Å². The molecular weight excluding hydrogens is 130 g/mol. The Morgan fingerprint density at radius 2 is 2.22 bits per heavy atom. The summed E-state index contributed by atoms with van der Waals surface area (Å²) in [5, 5.41) is 4.25. The molecule has 0 atom stereocenters. The van der Waals surface area contributed by atoms with E-state index in [4.69, 9.17) is 0 Å². The molecule has 0 aromatic rings. The predicted molar refractivity (Wildman–Crippen MR) is 45.5 cm³/mol. The van der Waals surface area contributed by atoms with E-state index in [1.807, 2.05) is 38.5 Å². The van der Waals surface area contributed by atoms with Crippen LogP contribution in [0.15, 0.2) is 23.3 Å². The highest BCUT2D eigenvalue weighted by atomic mass is 32.2. The molecule has 0 bridgehead atoms. The average molecular weight is 143 g/mol. The SMILES string of the molecule is C/C=C\C=C(/NC)SC. The Morgan fingerprint density at radius 1 is 1.56 bits per heavy atom. The fourth-order valence-corrected chi connectivity index (χ4v) is 0.856. The van der Waals surface area contributed by atoms with E-state index in [0.29, 0.717) is 0 Å². The maximum absolute atomic E-state index is 3.06. The fourth-order valence-electron chi connectivity index (χ4n) is 0.437. The van der Waals surface area contributed by atoms with Crippen molar-refractivity contribution in [1.82, 2.24) is 5.32 Å². The predicted octanol–water partition coefficient (Wildman–Crippen LogP) is 1.99. The number of hydrogen-bond acceptors (Lipinski definition) is 2. The van der Waals surface area contributed by atoms with Gasteiger partial charge in [0.15, 0.2) is 0 Å². The quantitative estimate of drug-likeness (QED) is 0.606. The molecule has 0 radical (unpaired) electrons. The lowest BCUT2D eigenvalue weighted by Gasteiger charge is -1.97. The summed E-state index contributed by atoms with van der Waals surface area (Å²) in [6.07, 6.45) is 8.12. The summed E-state index contributed by atoms with van der Waals surface area (Å²) in [5.41, 5.74) is 0. The average Bonchev–Trinajstić information content (AvgIpc) is 1.91. The smallest absolute Gasteiger partial charge is 0.0675 e. The lowest BCUT2D eigenvalue weighted by Crippen LogP contribution is -2.00. The van der Waals surface area contributed by atoms with Crippen molar-refractivity contribution in [2.45, 2.75) is 6.92 Å². The molecule has 0 rings (SSSR count). The zero-order chi connectivity index (χ0) is 7.11. The highest BCUT2D eigenvalue weighted by Gasteiger charge is 1.82. The van der Waals surface area contributed by atoms with Gasteiger partial charge >= 0.3 is 0 Å². The van der Waals surface area contributed by atoms with Crippen LogP contribution in [-0.2, 0) is 0 Å². The first-order valence-corrected chi connectivity index (χ1v) is 4.12. The van der Waals surface area contributed by atoms with Crippen molar-refractivity contribution in [3.63, 3.8) is 0 Å². The van der Waals surface area contributed by atoms with Gasteiger partial charge in [-0.1, -0.05) is 12.2 Å². The van der Waals surface area contributed by atoms with E-state index in [1.54, 1.807) is 11.8 Å². The van der Waals surface area contributed by atoms with Crippen molar-refractivity contribution in [2.75, 3.05) is 13.3 Å². The molecule has 0 heterocycles. The van der Waals surface area contributed by atoms with Crippen molar-refractivity contribution in [3.8, 4) is 0 Å². The minimum absolute atomic E-state index is 1.19. The van der Waals surface area contributed by atoms with Gasteiger partial charge in [0, 0.05) is 7.05 Å². The van der Waals surface area contributed by atoms with E-state index in [2.05, 4.69) is 5.32 Å². The Bertz CT molecular complexity index is 110. The number of allylic oxidation sites excluding steroid dienone is 3. The third kappa shape index (κ3) is 4.15. The number of rotatable bonds is 3. The third-order valence-electron chi connectivity index (χ3n) is 0.906. The normalized spacial score (nSPS) is 12.6. The molecule has 0 aliphatic heterocycles. The molecule has 0 saturated carbocycles. The molecule has 1 nitrogen and oxygen atoms in total. The molecule has 1 N–H and O–H groups in total. The highest BCUT2D eigenvalue weighted by Crippen LogP contribution is 2.05. The first-order chi connectivity index (χ1) is 4.35. The van der Waals surface area contributed by atoms with Crippen LogP contribution in [0.4, 0.5) is 0 Å². The monoisotopic (exact) mass is 143 g/mol. The molecule has 0 aromatic carbocycles. The maximum atomic E-state index is 3.06. The van der Waals surface area contributed by atoms with Gasteiger partial charge < -0.3 is 5.32 Å². The Hall–Kier alpha value is -0.370. The van der Waals surface area contributed by atoms with Crippen LogP contribution in [0.5, 0.6) is 0 Å². The lowest BCUT2D eigenvalue weighted by molar-refractivity contribution is 1.08. The second-order valence-corrected chi connectivity index (χ2v) is 2.36. The standard InChI is InChI=1S/C7H13NS/c1-4-5-6-7(8-2)9-3/h4-6,8H,1-3H3/b5-4-,7-6+. The summed E-state index contributed by atoms with van der Waals surface area (Å²) >= 11 is 1.71. The van der Waals surface area contributed by atoms with Crippen LogP contribution in [0.1, 0.15) is 6.92 Å². The van der Waals surface area contributed by atoms with Crippen LogP contribution < -0.4 is 5.32 Å². The second kappa shape index (κ2) is 5.76. The minimum atomic E-state index is 1.19. The first-order valence-electron chi connectivity index (χ1n) is 2.90. The van der Waals surface area contributed by atoms with Crippen molar-refractivity contribution in [1.29, 1.82) is 0 Å². The Kier molecular flexibility index (Phi) is 5.52. The largest absolute Gasteiger partial charge is 0.383 e. The molecule has 9 heavy (non-hydrogen) atoms. The third-order valence-corrected chi connectivity index (χ3v) is 1.69. The lowest BCUT2D eigenvalue weighted by atomic mass is 10.5. The van der Waals surface area contributed by atoms with E-state index in [9.17, 15) is 0 Å². The zero-order valence-electron chi connectivity index (χ0n) is 6.14. The zero-order valence-corrected chi connectivity index (χ0v) is 6.96. The van der Waals surface area contributed by atoms with E-state index in [-0.39, 0.29) is 0 Å². The number of hydrogen-bond donors (Lipinski definition) is 1. The minimum Gasteiger partial charge on any atom is -0.383 e. The van der Waals surface area contributed by atoms with Gasteiger partial charge in [0.1, 0.15) is 0 Å². The van der Waals surface area contributed by atoms with Crippen LogP contribution in [0.25, 0.3) is 0 Å². The van der Waals surface area contributed by atoms with E-state index in [1.165, 1.54) is 5.03 Å². The van der Waals surface area contributed by atoms with E-state index >= 15 is 0 Å². The van der Waals surface area contributed by atoms with Crippen molar-refractivity contribution >= 4 is 11.8 Å². The summed E-state index contributed by atoms with van der Waals surface area (Å²) < 4.78 is 0. The molecule has 0 aromatic heterocycles. The van der Waals surface area contributed by atoms with Gasteiger partial charge in [-0.25, -0.2) is 0 Å². The molecule has 0 spiro atoms. The molecular formula is C7H13NS. The number of thioether (sulfide) groups is 1. The van der Waals surface area contributed by atoms with Crippen molar-refractivity contribution < 1.29 is 0 Å². The summed E-state index contributed by atoms with van der Waals surface area (Å²) in [7, 11) is 1.92. The van der Waals surface area contributed by atoms with E-state index in [0.717, 1.165) is 0 Å². The molecule has 0 fully saturated rings. The van der Waals surface area contributed by atoms with Gasteiger partial charge in [-0.15, -0.1) is 11.8 Å². The van der Waals surface area contributed by atoms with Crippen molar-refractivity contribution in [3.05, 3.63) is 23.3 Å². The molecule has 2 heteroatoms. The Morgan fingerprint density at radius 3 is 2.56 bits per heavy atom. The summed E-state index contributed by atoms with van der Waals surface area (Å²) in [6.45, 7) is 2.00. The fraction of sp³-hybridized carbons (Fsp3) is 0.429. The van der Waals surface area contributed by atoms with E-state index < -0.39 is 0 Å². The molecule has 0 amide bonds. The van der Waals surface area contributed by atoms with Crippen LogP contribution in [0.2, 0.25) is 0 Å². The van der Waals surface area contributed by atoms with Gasteiger partial charge in [0.2, 0.25) is 0 Å². The molecule has 0 aliphatic carbocycles. The summed E-state index contributed by atoms with van der Waals surface area (Å²) in [6, 6.07) is 0. The maximum Gasteiger partial charge on any atom is 0.0675 e. The summed E-state index contributed by atoms with van der Waals surface area (Å²) in [4.78, 5) is 0. The molecule has 0 saturated heterocycles. The van der Waals surface area contributed by atoms with Crippen LogP contribution in [0, 0.1) is 0 Å². The van der Waals surface area contributed by atoms with Gasteiger partial charge in [-0.2, -0.15) is 0 Å². The van der Waals surface area contributed by atoms with Crippen LogP contribution in [-0.4, -0.2) is 13.3 Å². The van der Waals surface area contributed by atoms with Gasteiger partial charge in [-0.05, 0) is 19.3 Å². The molecule has 52 valence electrons. The van der Waals surface area contributed by atoms with Crippen LogP contribution >= 0.6 is 11.8 Å². The molecule has 0 aliphatic rings. The second-order valence-electron chi connectivity index (χ2n) is 1.51. The van der Waals surface area contributed by atoms with Gasteiger partial charge in [0.25, 0.3) is 0 Å². The van der Waals surface area contributed by atoms with Gasteiger partial charge in [-0.3, -0.25) is 0 Å². The topological polar surface area (TPSA) is 12.0 Å². The first kappa shape index (κ1) is 8.63. The Labute approximate surface area is 61.2 Å². The summed E-state index contributed by atoms with van der Waals surface area (Å²) in [5.74, 6) is 0. The molecule has 0 unspecified atom stereocenters. The Balaban J connectivity index is 3.75. The van der Waals surface area contributed by atoms with Crippen molar-refractivity contribution in [2.24, 2.45) is 0 Å². The highest BCUT2D eigenvalue weighted by molar-refractivity contribution is 8.02.